The quantitative estimate of drug-likeness (QED) is 0.643. The van der Waals surface area contributed by atoms with Crippen molar-refractivity contribution in [1.82, 2.24) is 10.1 Å². The Morgan fingerprint density at radius 2 is 1.90 bits per heavy atom. The first-order chi connectivity index (χ1) is 14.5. The number of ether oxygens (including phenoxy) is 2. The van der Waals surface area contributed by atoms with Gasteiger partial charge in [0.05, 0.1) is 17.4 Å². The van der Waals surface area contributed by atoms with Gasteiger partial charge >= 0.3 is 12.1 Å². The number of carboxylic acids is 1. The average molecular weight is 438 g/mol. The molecular weight excluding hydrogens is 417 g/mol. The third-order valence-electron chi connectivity index (χ3n) is 4.39. The van der Waals surface area contributed by atoms with Gasteiger partial charge in [-0.2, -0.15) is 18.2 Å². The summed E-state index contributed by atoms with van der Waals surface area (Å²) in [5, 5.41) is 12.7. The summed E-state index contributed by atoms with van der Waals surface area (Å²) in [6, 6.07) is 3.61. The Morgan fingerprint density at radius 3 is 2.48 bits per heavy atom. The first kappa shape index (κ1) is 22.4. The Labute approximate surface area is 176 Å². The van der Waals surface area contributed by atoms with Gasteiger partial charge in [0.15, 0.2) is 6.10 Å². The van der Waals surface area contributed by atoms with Gasteiger partial charge in [-0.25, -0.2) is 4.79 Å². The highest BCUT2D eigenvalue weighted by atomic mass is 19.4. The Balaban J connectivity index is 1.83. The molecular formula is C21H21F3N2O5. The predicted molar refractivity (Wildman–Crippen MR) is 104 cm³/mol. The van der Waals surface area contributed by atoms with Crippen LogP contribution in [0.25, 0.3) is 17.0 Å². The lowest BCUT2D eigenvalue weighted by Gasteiger charge is -2.17. The van der Waals surface area contributed by atoms with Gasteiger partial charge in [0, 0.05) is 17.6 Å². The first-order valence-corrected chi connectivity index (χ1v) is 9.56. The minimum atomic E-state index is -4.60. The topological polar surface area (TPSA) is 94.7 Å². The van der Waals surface area contributed by atoms with E-state index >= 15 is 0 Å². The fourth-order valence-electron chi connectivity index (χ4n) is 2.89. The highest BCUT2D eigenvalue weighted by Gasteiger charge is 2.35. The van der Waals surface area contributed by atoms with Crippen LogP contribution < -0.4 is 4.74 Å². The molecule has 0 fully saturated rings. The molecule has 10 heteroatoms. The molecule has 166 valence electrons. The zero-order valence-corrected chi connectivity index (χ0v) is 17.1. The van der Waals surface area contributed by atoms with Crippen LogP contribution in [-0.4, -0.2) is 33.4 Å². The summed E-state index contributed by atoms with van der Waals surface area (Å²) in [7, 11) is 0. The van der Waals surface area contributed by atoms with Crippen molar-refractivity contribution in [2.75, 3.05) is 0 Å². The number of carboxylic acid groups (broad SMARTS) is 1. The second kappa shape index (κ2) is 8.83. The van der Waals surface area contributed by atoms with Crippen LogP contribution in [0, 0.1) is 0 Å². The summed E-state index contributed by atoms with van der Waals surface area (Å²) in [5.74, 6) is -0.636. The molecule has 0 bridgehead atoms. The lowest BCUT2D eigenvalue weighted by Crippen LogP contribution is -2.19. The number of benzene rings is 1. The van der Waals surface area contributed by atoms with Crippen molar-refractivity contribution in [2.45, 2.75) is 52.0 Å². The van der Waals surface area contributed by atoms with Crippen molar-refractivity contribution in [1.29, 1.82) is 0 Å². The van der Waals surface area contributed by atoms with Gasteiger partial charge in [0.25, 0.3) is 5.89 Å². The average Bonchev–Trinajstić information content (AvgIpc) is 3.17. The van der Waals surface area contributed by atoms with Crippen molar-refractivity contribution in [3.05, 3.63) is 47.6 Å². The Kier molecular flexibility index (Phi) is 6.37. The largest absolute Gasteiger partial charge is 0.490 e. The molecule has 1 aromatic heterocycles. The zero-order chi connectivity index (χ0) is 22.8. The van der Waals surface area contributed by atoms with Crippen molar-refractivity contribution in [3.63, 3.8) is 0 Å². The number of alkyl halides is 3. The van der Waals surface area contributed by atoms with Crippen LogP contribution in [0.3, 0.4) is 0 Å². The molecule has 0 aliphatic heterocycles. The second-order valence-corrected chi connectivity index (χ2v) is 7.22. The summed E-state index contributed by atoms with van der Waals surface area (Å²) < 4.78 is 56.2. The van der Waals surface area contributed by atoms with Crippen LogP contribution >= 0.6 is 0 Å². The van der Waals surface area contributed by atoms with Gasteiger partial charge in [0.1, 0.15) is 5.75 Å². The number of carbonyl (C=O) groups is 1. The van der Waals surface area contributed by atoms with Crippen LogP contribution in [0.5, 0.6) is 5.75 Å². The van der Waals surface area contributed by atoms with E-state index in [0.29, 0.717) is 24.2 Å². The number of rotatable bonds is 7. The van der Waals surface area contributed by atoms with E-state index in [2.05, 4.69) is 10.1 Å². The number of aromatic nitrogens is 2. The first-order valence-electron chi connectivity index (χ1n) is 9.56. The highest BCUT2D eigenvalue weighted by Crippen LogP contribution is 2.39. The normalized spacial score (nSPS) is 15.3. The number of aliphatic carboxylic acids is 1. The molecule has 3 rings (SSSR count). The zero-order valence-electron chi connectivity index (χ0n) is 17.1. The molecule has 1 heterocycles. The molecule has 1 aliphatic carbocycles. The van der Waals surface area contributed by atoms with E-state index in [4.69, 9.17) is 19.1 Å². The Morgan fingerprint density at radius 1 is 1.16 bits per heavy atom. The van der Waals surface area contributed by atoms with Crippen LogP contribution in [0.15, 0.2) is 40.6 Å². The van der Waals surface area contributed by atoms with E-state index in [0.717, 1.165) is 6.07 Å². The molecule has 0 radical (unpaired) electrons. The molecule has 0 saturated heterocycles. The summed E-state index contributed by atoms with van der Waals surface area (Å²) in [5.41, 5.74) is -0.103. The lowest BCUT2D eigenvalue weighted by atomic mass is 10.0. The van der Waals surface area contributed by atoms with E-state index in [-0.39, 0.29) is 23.0 Å². The smallest absolute Gasteiger partial charge is 0.419 e. The summed E-state index contributed by atoms with van der Waals surface area (Å²) in [6.45, 7) is 4.72. The van der Waals surface area contributed by atoms with Crippen LogP contribution in [0.1, 0.15) is 45.1 Å². The maximum absolute atomic E-state index is 13.5. The molecule has 1 unspecified atom stereocenters. The van der Waals surface area contributed by atoms with Crippen molar-refractivity contribution >= 4 is 11.5 Å². The number of hydrogen-bond donors (Lipinski definition) is 1. The molecule has 0 spiro atoms. The predicted octanol–water partition coefficient (Wildman–Crippen LogP) is 5.09. The fraction of sp³-hybridized carbons (Fsp3) is 0.381. The maximum atomic E-state index is 13.5. The van der Waals surface area contributed by atoms with E-state index in [1.165, 1.54) is 19.1 Å². The number of halogens is 3. The van der Waals surface area contributed by atoms with E-state index in [9.17, 15) is 18.0 Å². The summed E-state index contributed by atoms with van der Waals surface area (Å²) in [4.78, 5) is 15.1. The van der Waals surface area contributed by atoms with Crippen molar-refractivity contribution in [3.8, 4) is 17.1 Å². The van der Waals surface area contributed by atoms with Crippen LogP contribution in [-0.2, 0) is 15.7 Å². The summed E-state index contributed by atoms with van der Waals surface area (Å²) in [6.07, 6.45) is -1.83. The molecule has 1 aromatic carbocycles. The van der Waals surface area contributed by atoms with E-state index < -0.39 is 29.9 Å². The van der Waals surface area contributed by atoms with Gasteiger partial charge in [-0.3, -0.25) is 0 Å². The molecule has 2 aromatic rings. The highest BCUT2D eigenvalue weighted by molar-refractivity contribution is 5.72. The molecule has 1 atom stereocenters. The Hall–Kier alpha value is -3.30. The van der Waals surface area contributed by atoms with Gasteiger partial charge in [-0.05, 0) is 51.5 Å². The van der Waals surface area contributed by atoms with Crippen LogP contribution in [0.2, 0.25) is 0 Å². The van der Waals surface area contributed by atoms with Gasteiger partial charge in [-0.1, -0.05) is 11.2 Å². The van der Waals surface area contributed by atoms with E-state index in [1.807, 2.05) is 0 Å². The number of allylic oxidation sites excluding steroid dienone is 4. The monoisotopic (exact) mass is 438 g/mol. The number of nitrogens with zero attached hydrogens (tertiary/aromatic N) is 2. The molecule has 31 heavy (non-hydrogen) atoms. The minimum Gasteiger partial charge on any atom is -0.490 e. The SMILES string of the molecule is CC(C)Oc1ccc(-c2noc(C3=CC=C(OC(C)C(=O)O)CC3)n2)cc1C(F)(F)F. The van der Waals surface area contributed by atoms with Crippen LogP contribution in [0.4, 0.5) is 13.2 Å². The van der Waals surface area contributed by atoms with Crippen molar-refractivity contribution in [2.24, 2.45) is 0 Å². The molecule has 0 saturated carbocycles. The lowest BCUT2D eigenvalue weighted by molar-refractivity contribution is -0.146. The van der Waals surface area contributed by atoms with Crippen molar-refractivity contribution < 1.29 is 37.1 Å². The van der Waals surface area contributed by atoms with Gasteiger partial charge in [0.2, 0.25) is 5.82 Å². The standard InChI is InChI=1S/C21H21F3N2O5/c1-11(2)29-17-9-6-14(10-16(17)21(22,23)24)18-25-19(31-26-18)13-4-7-15(8-5-13)30-12(3)20(27)28/h4,6-7,9-12H,5,8H2,1-3H3,(H,27,28). The Bertz CT molecular complexity index is 1020. The third-order valence-corrected chi connectivity index (χ3v) is 4.39. The molecule has 1 N–H and O–H groups in total. The fourth-order valence-corrected chi connectivity index (χ4v) is 2.89. The van der Waals surface area contributed by atoms with Gasteiger partial charge < -0.3 is 19.1 Å². The molecule has 0 amide bonds. The number of hydrogen-bond acceptors (Lipinski definition) is 6. The third kappa shape index (κ3) is 5.44. The minimum absolute atomic E-state index is 0.0167. The molecule has 7 nitrogen and oxygen atoms in total. The van der Waals surface area contributed by atoms with E-state index in [1.54, 1.807) is 26.0 Å². The van der Waals surface area contributed by atoms with Gasteiger partial charge in [-0.15, -0.1) is 0 Å². The maximum Gasteiger partial charge on any atom is 0.419 e. The second-order valence-electron chi connectivity index (χ2n) is 7.22. The summed E-state index contributed by atoms with van der Waals surface area (Å²) >= 11 is 0. The molecule has 1 aliphatic rings.